The van der Waals surface area contributed by atoms with Crippen molar-refractivity contribution in [3.05, 3.63) is 0 Å². The molecule has 0 bridgehead atoms. The number of thioether (sulfide) groups is 1. The summed E-state index contributed by atoms with van der Waals surface area (Å²) in [6, 6.07) is -0.0636. The Kier molecular flexibility index (Phi) is 6.58. The minimum atomic E-state index is -4.51. The fourth-order valence-electron chi connectivity index (χ4n) is 1.09. The van der Waals surface area contributed by atoms with Crippen LogP contribution < -0.4 is 11.1 Å². The van der Waals surface area contributed by atoms with Crippen LogP contribution >= 0.6 is 11.8 Å². The van der Waals surface area contributed by atoms with Gasteiger partial charge in [-0.2, -0.15) is 24.9 Å². The van der Waals surface area contributed by atoms with Crippen molar-refractivity contribution < 1.29 is 18.4 Å². The zero-order chi connectivity index (χ0) is 12.8. The van der Waals surface area contributed by atoms with E-state index in [1.807, 2.05) is 6.26 Å². The average Bonchev–Trinajstić information content (AvgIpc) is 2.16. The van der Waals surface area contributed by atoms with Gasteiger partial charge in [0.05, 0.1) is 0 Å². The van der Waals surface area contributed by atoms with Gasteiger partial charge in [-0.05, 0) is 13.2 Å². The Hall–Kier alpha value is -0.630. The highest BCUT2D eigenvalue weighted by Gasteiger charge is 2.42. The van der Waals surface area contributed by atoms with E-state index in [0.29, 0.717) is 5.75 Å². The summed E-state index contributed by atoms with van der Waals surface area (Å²) in [7, 11) is 0. The first-order chi connectivity index (χ1) is 7.32. The molecular formula is C8H16F3N3OS. The highest BCUT2D eigenvalue weighted by Crippen LogP contribution is 2.25. The predicted molar refractivity (Wildman–Crippen MR) is 58.8 cm³/mol. The van der Waals surface area contributed by atoms with Gasteiger partial charge in [0, 0.05) is 18.3 Å². The van der Waals surface area contributed by atoms with Crippen LogP contribution in [0.5, 0.6) is 0 Å². The number of amidine groups is 1. The van der Waals surface area contributed by atoms with Crippen molar-refractivity contribution in [3.63, 3.8) is 0 Å². The summed E-state index contributed by atoms with van der Waals surface area (Å²) in [5, 5.41) is 13.4. The summed E-state index contributed by atoms with van der Waals surface area (Å²) < 4.78 is 37.4. The predicted octanol–water partition coefficient (Wildman–Crippen LogP) is 1.25. The zero-order valence-electron chi connectivity index (χ0n) is 9.08. The Balaban J connectivity index is 4.35. The summed E-state index contributed by atoms with van der Waals surface area (Å²) in [6.07, 6.45) is -2.65. The molecule has 0 saturated carbocycles. The van der Waals surface area contributed by atoms with Crippen LogP contribution in [-0.4, -0.2) is 41.8 Å². The van der Waals surface area contributed by atoms with E-state index in [-0.39, 0.29) is 12.6 Å². The molecule has 96 valence electrons. The molecule has 8 heteroatoms. The first-order valence-corrected chi connectivity index (χ1v) is 5.98. The van der Waals surface area contributed by atoms with E-state index in [4.69, 9.17) is 10.9 Å². The maximum Gasteiger partial charge on any atom is 0.400 e. The van der Waals surface area contributed by atoms with Gasteiger partial charge in [0.25, 0.3) is 0 Å². The molecule has 0 heterocycles. The molecule has 0 aromatic carbocycles. The maximum atomic E-state index is 12.5. The van der Waals surface area contributed by atoms with Gasteiger partial charge in [0.15, 0.2) is 5.84 Å². The van der Waals surface area contributed by atoms with Crippen LogP contribution in [0.2, 0.25) is 0 Å². The normalized spacial score (nSPS) is 17.2. The second-order valence-electron chi connectivity index (χ2n) is 3.38. The van der Waals surface area contributed by atoms with Crippen molar-refractivity contribution in [1.82, 2.24) is 5.32 Å². The first kappa shape index (κ1) is 15.4. The van der Waals surface area contributed by atoms with Gasteiger partial charge in [-0.1, -0.05) is 5.16 Å². The molecule has 0 radical (unpaired) electrons. The third-order valence-electron chi connectivity index (χ3n) is 1.95. The fraction of sp³-hybridized carbons (Fsp3) is 0.875. The number of hydrogen-bond acceptors (Lipinski definition) is 4. The molecular weight excluding hydrogens is 243 g/mol. The summed E-state index contributed by atoms with van der Waals surface area (Å²) in [5.74, 6) is -2.08. The molecule has 0 aromatic heterocycles. The summed E-state index contributed by atoms with van der Waals surface area (Å²) >= 11 is 1.53. The molecule has 0 amide bonds. The van der Waals surface area contributed by atoms with Crippen molar-refractivity contribution >= 4 is 17.6 Å². The van der Waals surface area contributed by atoms with E-state index < -0.39 is 17.9 Å². The number of hydrogen-bond donors (Lipinski definition) is 3. The largest absolute Gasteiger partial charge is 0.409 e. The van der Waals surface area contributed by atoms with Crippen LogP contribution in [0.15, 0.2) is 5.16 Å². The maximum absolute atomic E-state index is 12.5. The fourth-order valence-corrected chi connectivity index (χ4v) is 1.70. The van der Waals surface area contributed by atoms with Crippen LogP contribution in [-0.2, 0) is 0 Å². The molecule has 0 rings (SSSR count). The summed E-state index contributed by atoms with van der Waals surface area (Å²) in [5.41, 5.74) is 5.00. The Morgan fingerprint density at radius 3 is 2.50 bits per heavy atom. The van der Waals surface area contributed by atoms with Gasteiger partial charge in [0.1, 0.15) is 5.92 Å². The Morgan fingerprint density at radius 2 is 2.12 bits per heavy atom. The molecule has 0 spiro atoms. The lowest BCUT2D eigenvalue weighted by Crippen LogP contribution is -2.45. The lowest BCUT2D eigenvalue weighted by Gasteiger charge is -2.21. The Morgan fingerprint density at radius 1 is 1.56 bits per heavy atom. The van der Waals surface area contributed by atoms with E-state index in [1.54, 1.807) is 6.92 Å². The van der Waals surface area contributed by atoms with Crippen molar-refractivity contribution in [2.24, 2.45) is 16.8 Å². The van der Waals surface area contributed by atoms with Crippen LogP contribution in [0.4, 0.5) is 13.2 Å². The standard InChI is InChI=1S/C8H16F3N3OS/c1-5(4-16-2)13-3-6(7(12)14-15)8(9,10)11/h5-6,13,15H,3-4H2,1-2H3,(H2,12,14). The van der Waals surface area contributed by atoms with E-state index in [0.717, 1.165) is 0 Å². The number of nitrogens with one attached hydrogen (secondary N) is 1. The molecule has 0 aromatic rings. The van der Waals surface area contributed by atoms with Gasteiger partial charge in [-0.3, -0.25) is 0 Å². The molecule has 0 aliphatic heterocycles. The van der Waals surface area contributed by atoms with Crippen LogP contribution in [0.3, 0.4) is 0 Å². The van der Waals surface area contributed by atoms with Gasteiger partial charge < -0.3 is 16.3 Å². The molecule has 0 aliphatic carbocycles. The van der Waals surface area contributed by atoms with Gasteiger partial charge in [-0.15, -0.1) is 0 Å². The number of nitrogens with zero attached hydrogens (tertiary/aromatic N) is 1. The molecule has 4 N–H and O–H groups in total. The summed E-state index contributed by atoms with van der Waals surface area (Å²) in [6.45, 7) is 1.39. The zero-order valence-corrected chi connectivity index (χ0v) is 9.90. The first-order valence-electron chi connectivity index (χ1n) is 4.59. The molecule has 4 nitrogen and oxygen atoms in total. The lowest BCUT2D eigenvalue weighted by molar-refractivity contribution is -0.155. The quantitative estimate of drug-likeness (QED) is 0.290. The van der Waals surface area contributed by atoms with E-state index in [1.165, 1.54) is 11.8 Å². The third kappa shape index (κ3) is 5.45. The minimum absolute atomic E-state index is 0.0636. The smallest absolute Gasteiger partial charge is 0.400 e. The van der Waals surface area contributed by atoms with Crippen molar-refractivity contribution in [3.8, 4) is 0 Å². The van der Waals surface area contributed by atoms with E-state index in [2.05, 4.69) is 10.5 Å². The number of nitrogens with two attached hydrogens (primary N) is 1. The highest BCUT2D eigenvalue weighted by atomic mass is 32.2. The number of rotatable bonds is 6. The van der Waals surface area contributed by atoms with Crippen LogP contribution in [0.25, 0.3) is 0 Å². The third-order valence-corrected chi connectivity index (χ3v) is 2.79. The number of alkyl halides is 3. The molecule has 0 fully saturated rings. The van der Waals surface area contributed by atoms with Crippen LogP contribution in [0, 0.1) is 5.92 Å². The van der Waals surface area contributed by atoms with Gasteiger partial charge in [0.2, 0.25) is 0 Å². The Bertz CT molecular complexity index is 235. The van der Waals surface area contributed by atoms with Gasteiger partial charge >= 0.3 is 6.18 Å². The Labute approximate surface area is 96.4 Å². The minimum Gasteiger partial charge on any atom is -0.409 e. The molecule has 2 unspecified atom stereocenters. The number of oxime groups is 1. The lowest BCUT2D eigenvalue weighted by atomic mass is 10.1. The molecule has 2 atom stereocenters. The topological polar surface area (TPSA) is 70.6 Å². The molecule has 0 aliphatic rings. The SMILES string of the molecule is CSCC(C)NCC(C(N)=NO)C(F)(F)F. The molecule has 16 heavy (non-hydrogen) atoms. The van der Waals surface area contributed by atoms with Crippen LogP contribution in [0.1, 0.15) is 6.92 Å². The van der Waals surface area contributed by atoms with E-state index in [9.17, 15) is 13.2 Å². The van der Waals surface area contributed by atoms with Gasteiger partial charge in [-0.25, -0.2) is 0 Å². The second kappa shape index (κ2) is 6.85. The van der Waals surface area contributed by atoms with Crippen molar-refractivity contribution in [2.75, 3.05) is 18.6 Å². The highest BCUT2D eigenvalue weighted by molar-refractivity contribution is 7.98. The van der Waals surface area contributed by atoms with Crippen molar-refractivity contribution in [1.29, 1.82) is 0 Å². The number of halogens is 3. The summed E-state index contributed by atoms with van der Waals surface area (Å²) in [4.78, 5) is 0. The van der Waals surface area contributed by atoms with Crippen molar-refractivity contribution in [2.45, 2.75) is 19.1 Å². The molecule has 0 saturated heterocycles. The monoisotopic (exact) mass is 259 g/mol. The second-order valence-corrected chi connectivity index (χ2v) is 4.29. The average molecular weight is 259 g/mol. The van der Waals surface area contributed by atoms with E-state index >= 15 is 0 Å².